The van der Waals surface area contributed by atoms with Gasteiger partial charge in [0.05, 0.1) is 0 Å². The van der Waals surface area contributed by atoms with Crippen LogP contribution in [-0.4, -0.2) is 12.6 Å². The van der Waals surface area contributed by atoms with E-state index < -0.39 is 0 Å². The van der Waals surface area contributed by atoms with Crippen LogP contribution in [0.3, 0.4) is 0 Å². The molecule has 3 saturated carbocycles. The van der Waals surface area contributed by atoms with Crippen LogP contribution in [0.2, 0.25) is 0 Å². The molecule has 0 aromatic rings. The van der Waals surface area contributed by atoms with E-state index in [1.165, 1.54) is 37.7 Å². The molecule has 0 aromatic carbocycles. The Kier molecular flexibility index (Phi) is 4.31. The molecule has 3 rings (SSSR count). The number of hydrogen-bond acceptors (Lipinski definition) is 0. The van der Waals surface area contributed by atoms with Gasteiger partial charge in [0.25, 0.3) is 0 Å². The van der Waals surface area contributed by atoms with E-state index in [-0.39, 0.29) is 5.54 Å². The maximum Gasteiger partial charge on any atom is -0.0109 e. The molecule has 3 aliphatic rings. The highest BCUT2D eigenvalue weighted by atomic mass is 15.0. The Hall–Kier alpha value is -0.560. The molecule has 124 valence electrons. The highest BCUT2D eigenvalue weighted by Gasteiger charge is 2.52. The first-order chi connectivity index (χ1) is 10.4. The minimum Gasteiger partial charge on any atom is -0.659 e. The molecule has 7 unspecified atom stereocenters. The minimum absolute atomic E-state index is 0.215. The van der Waals surface area contributed by atoms with Crippen molar-refractivity contribution in [2.45, 2.75) is 65.3 Å². The third kappa shape index (κ3) is 2.50. The van der Waals surface area contributed by atoms with Crippen LogP contribution in [0.15, 0.2) is 23.8 Å². The first-order valence-corrected chi connectivity index (χ1v) is 9.31. The summed E-state index contributed by atoms with van der Waals surface area (Å²) in [6, 6.07) is 0. The van der Waals surface area contributed by atoms with Crippen molar-refractivity contribution in [3.05, 3.63) is 29.1 Å². The Labute approximate surface area is 137 Å². The Balaban J connectivity index is 2.00. The summed E-state index contributed by atoms with van der Waals surface area (Å²) in [6.45, 7) is 14.0. The minimum atomic E-state index is 0.215. The van der Waals surface area contributed by atoms with E-state index in [9.17, 15) is 0 Å². The van der Waals surface area contributed by atoms with E-state index in [0.717, 1.165) is 35.5 Å². The van der Waals surface area contributed by atoms with Gasteiger partial charge in [0.2, 0.25) is 0 Å². The molecular formula is C21H34N-. The van der Waals surface area contributed by atoms with Crippen LogP contribution >= 0.6 is 0 Å². The average Bonchev–Trinajstić information content (AvgIpc) is 2.45. The van der Waals surface area contributed by atoms with Crippen LogP contribution < -0.4 is 0 Å². The summed E-state index contributed by atoms with van der Waals surface area (Å²) in [6.07, 6.45) is 9.14. The molecule has 0 saturated heterocycles. The fraction of sp³-hybridized carbons (Fsp3) is 0.810. The van der Waals surface area contributed by atoms with Crippen LogP contribution in [0.25, 0.3) is 5.32 Å². The third-order valence-electron chi connectivity index (χ3n) is 7.30. The first-order valence-electron chi connectivity index (χ1n) is 9.31. The summed E-state index contributed by atoms with van der Waals surface area (Å²) in [5, 5.41) is 4.88. The van der Waals surface area contributed by atoms with Gasteiger partial charge in [0, 0.05) is 0 Å². The van der Waals surface area contributed by atoms with Crippen LogP contribution in [-0.2, 0) is 0 Å². The van der Waals surface area contributed by atoms with Gasteiger partial charge < -0.3 is 5.32 Å². The zero-order valence-electron chi connectivity index (χ0n) is 15.2. The molecule has 0 radical (unpaired) electrons. The molecule has 0 aromatic heterocycles. The lowest BCUT2D eigenvalue weighted by Crippen LogP contribution is -2.55. The Morgan fingerprint density at radius 2 is 2.05 bits per heavy atom. The molecule has 0 heterocycles. The van der Waals surface area contributed by atoms with Crippen molar-refractivity contribution in [2.75, 3.05) is 7.05 Å². The summed E-state index contributed by atoms with van der Waals surface area (Å²) >= 11 is 0. The third-order valence-corrected chi connectivity index (χ3v) is 7.30. The van der Waals surface area contributed by atoms with Crippen molar-refractivity contribution < 1.29 is 0 Å². The second-order valence-corrected chi connectivity index (χ2v) is 8.81. The monoisotopic (exact) mass is 300 g/mol. The molecule has 0 aliphatic heterocycles. The highest BCUT2D eigenvalue weighted by molar-refractivity contribution is 5.23. The van der Waals surface area contributed by atoms with E-state index in [2.05, 4.69) is 47.4 Å². The molecule has 0 bridgehead atoms. The van der Waals surface area contributed by atoms with E-state index in [1.807, 2.05) is 0 Å². The molecular weight excluding hydrogens is 266 g/mol. The highest BCUT2D eigenvalue weighted by Crippen LogP contribution is 2.61. The summed E-state index contributed by atoms with van der Waals surface area (Å²) in [5.41, 5.74) is 3.23. The topological polar surface area (TPSA) is 14.1 Å². The average molecular weight is 301 g/mol. The summed E-state index contributed by atoms with van der Waals surface area (Å²) in [7, 11) is 2.05. The van der Waals surface area contributed by atoms with Gasteiger partial charge in [-0.05, 0) is 62.7 Å². The number of allylic oxidation sites excluding steroid dienone is 3. The van der Waals surface area contributed by atoms with Gasteiger partial charge in [-0.1, -0.05) is 56.4 Å². The summed E-state index contributed by atoms with van der Waals surface area (Å²) in [5.74, 6) is 4.81. The zero-order valence-corrected chi connectivity index (χ0v) is 15.2. The molecule has 0 spiro atoms. The van der Waals surface area contributed by atoms with Crippen molar-refractivity contribution >= 4 is 0 Å². The van der Waals surface area contributed by atoms with Gasteiger partial charge >= 0.3 is 0 Å². The van der Waals surface area contributed by atoms with Crippen LogP contribution in [0.4, 0.5) is 0 Å². The lowest BCUT2D eigenvalue weighted by atomic mass is 9.46. The molecule has 7 atom stereocenters. The number of nitrogens with zero attached hydrogens (tertiary/aromatic N) is 1. The maximum atomic E-state index is 4.88. The van der Waals surface area contributed by atoms with Gasteiger partial charge in [-0.15, -0.1) is 5.54 Å². The van der Waals surface area contributed by atoms with Crippen molar-refractivity contribution in [2.24, 2.45) is 35.5 Å². The van der Waals surface area contributed by atoms with Gasteiger partial charge in [-0.25, -0.2) is 0 Å². The molecule has 0 amide bonds. The molecule has 1 nitrogen and oxygen atoms in total. The SMILES string of the molecule is C=C1CCC2C3C(CCC2(C)[N-]C)C(C)CC(C=C(C)C)C13. The molecule has 3 aliphatic carbocycles. The van der Waals surface area contributed by atoms with Gasteiger partial charge in [0.1, 0.15) is 0 Å². The molecule has 22 heavy (non-hydrogen) atoms. The zero-order chi connectivity index (χ0) is 16.1. The predicted octanol–water partition coefficient (Wildman–Crippen LogP) is 5.98. The Morgan fingerprint density at radius 3 is 2.68 bits per heavy atom. The second-order valence-electron chi connectivity index (χ2n) is 8.81. The van der Waals surface area contributed by atoms with E-state index in [1.54, 1.807) is 5.57 Å². The van der Waals surface area contributed by atoms with Gasteiger partial charge in [0.15, 0.2) is 0 Å². The number of rotatable bonds is 2. The van der Waals surface area contributed by atoms with E-state index in [4.69, 9.17) is 5.32 Å². The molecule has 1 heteroatoms. The van der Waals surface area contributed by atoms with Crippen LogP contribution in [0, 0.1) is 35.5 Å². The smallest absolute Gasteiger partial charge is 0.0109 e. The van der Waals surface area contributed by atoms with Crippen molar-refractivity contribution in [3.63, 3.8) is 0 Å². The van der Waals surface area contributed by atoms with Crippen LogP contribution in [0.1, 0.15) is 59.8 Å². The van der Waals surface area contributed by atoms with Crippen molar-refractivity contribution in [3.8, 4) is 0 Å². The summed E-state index contributed by atoms with van der Waals surface area (Å²) < 4.78 is 0. The quantitative estimate of drug-likeness (QED) is 0.557. The number of hydrogen-bond donors (Lipinski definition) is 0. The second kappa shape index (κ2) is 5.82. The Morgan fingerprint density at radius 1 is 1.32 bits per heavy atom. The van der Waals surface area contributed by atoms with Crippen molar-refractivity contribution in [1.29, 1.82) is 0 Å². The Bertz CT molecular complexity index is 472. The van der Waals surface area contributed by atoms with E-state index >= 15 is 0 Å². The first kappa shape index (κ1) is 16.3. The molecule has 0 N–H and O–H groups in total. The van der Waals surface area contributed by atoms with Gasteiger partial charge in [-0.2, -0.15) is 7.05 Å². The largest absolute Gasteiger partial charge is 0.659 e. The van der Waals surface area contributed by atoms with Crippen molar-refractivity contribution in [1.82, 2.24) is 0 Å². The summed E-state index contributed by atoms with van der Waals surface area (Å²) in [4.78, 5) is 0. The fourth-order valence-electron chi connectivity index (χ4n) is 6.23. The lowest BCUT2D eigenvalue weighted by molar-refractivity contribution is -0.0407. The fourth-order valence-corrected chi connectivity index (χ4v) is 6.23. The lowest BCUT2D eigenvalue weighted by Gasteiger charge is -2.64. The predicted molar refractivity (Wildman–Crippen MR) is 96.0 cm³/mol. The normalized spacial score (nSPS) is 47.8. The van der Waals surface area contributed by atoms with Gasteiger partial charge in [-0.3, -0.25) is 0 Å². The maximum absolute atomic E-state index is 4.88. The standard InChI is InChI=1S/C21H34N/c1-13(2)11-16-12-15(4)17-9-10-21(5,22-6)18-8-7-14(3)19(16)20(17)18/h11,15-20H,3,7-10,12H2,1-2,4-6H3/q-1. The van der Waals surface area contributed by atoms with Crippen LogP contribution in [0.5, 0.6) is 0 Å². The molecule has 3 fully saturated rings. The van der Waals surface area contributed by atoms with E-state index in [0.29, 0.717) is 0 Å².